The summed E-state index contributed by atoms with van der Waals surface area (Å²) in [6, 6.07) is 22.2. The van der Waals surface area contributed by atoms with E-state index in [1.165, 1.54) is 5.56 Å². The van der Waals surface area contributed by atoms with Crippen LogP contribution in [0.15, 0.2) is 78.2 Å². The van der Waals surface area contributed by atoms with Crippen LogP contribution in [0.4, 0.5) is 0 Å². The molecule has 0 aliphatic rings. The number of nitrogens with zero attached hydrogens (tertiary/aromatic N) is 1. The zero-order valence-electron chi connectivity index (χ0n) is 20.9. The molecule has 36 heavy (non-hydrogen) atoms. The molecule has 0 spiro atoms. The van der Waals surface area contributed by atoms with Crippen molar-refractivity contribution in [1.29, 1.82) is 0 Å². The molecule has 5 nitrogen and oxygen atoms in total. The summed E-state index contributed by atoms with van der Waals surface area (Å²) in [5.74, 6) is 1.74. The van der Waals surface area contributed by atoms with Crippen molar-refractivity contribution in [2.75, 3.05) is 14.2 Å². The lowest BCUT2D eigenvalue weighted by molar-refractivity contribution is -0.116. The van der Waals surface area contributed by atoms with E-state index in [2.05, 4.69) is 31.3 Å². The maximum absolute atomic E-state index is 12.3. The molecule has 0 bridgehead atoms. The molecule has 0 saturated carbocycles. The first kappa shape index (κ1) is 25.2. The van der Waals surface area contributed by atoms with Gasteiger partial charge < -0.3 is 14.8 Å². The van der Waals surface area contributed by atoms with Crippen LogP contribution in [0.1, 0.15) is 36.5 Å². The number of aromatic nitrogens is 1. The number of benzene rings is 3. The zero-order chi connectivity index (χ0) is 25.5. The summed E-state index contributed by atoms with van der Waals surface area (Å²) < 4.78 is 10.7. The molecule has 0 radical (unpaired) electrons. The van der Waals surface area contributed by atoms with Crippen LogP contribution >= 0.6 is 11.3 Å². The van der Waals surface area contributed by atoms with Gasteiger partial charge in [-0.15, -0.1) is 11.3 Å². The lowest BCUT2D eigenvalue weighted by Crippen LogP contribution is -2.20. The van der Waals surface area contributed by atoms with Crippen molar-refractivity contribution in [3.63, 3.8) is 0 Å². The Morgan fingerprint density at radius 3 is 2.31 bits per heavy atom. The van der Waals surface area contributed by atoms with E-state index in [0.29, 0.717) is 24.0 Å². The number of thiazole rings is 1. The predicted octanol–water partition coefficient (Wildman–Crippen LogP) is 6.95. The van der Waals surface area contributed by atoms with Gasteiger partial charge in [0.25, 0.3) is 0 Å². The van der Waals surface area contributed by atoms with Gasteiger partial charge in [0.1, 0.15) is 5.01 Å². The molecule has 0 aliphatic carbocycles. The van der Waals surface area contributed by atoms with Gasteiger partial charge in [-0.2, -0.15) is 0 Å². The lowest BCUT2D eigenvalue weighted by atomic mass is 10.0. The molecule has 1 heterocycles. The van der Waals surface area contributed by atoms with Crippen LogP contribution in [0, 0.1) is 0 Å². The van der Waals surface area contributed by atoms with Crippen molar-refractivity contribution in [3.05, 3.63) is 94.9 Å². The third-order valence-corrected chi connectivity index (χ3v) is 6.77. The molecule has 184 valence electrons. The van der Waals surface area contributed by atoms with Crippen molar-refractivity contribution >= 4 is 23.3 Å². The molecule has 4 rings (SSSR count). The highest BCUT2D eigenvalue weighted by molar-refractivity contribution is 7.13. The number of hydrogen-bond acceptors (Lipinski definition) is 5. The number of amides is 1. The Kier molecular flexibility index (Phi) is 8.18. The highest BCUT2D eigenvalue weighted by Crippen LogP contribution is 2.34. The Hall–Kier alpha value is -3.90. The average Bonchev–Trinajstić information content (AvgIpc) is 3.41. The molecule has 0 atom stereocenters. The van der Waals surface area contributed by atoms with Crippen LogP contribution in [0.5, 0.6) is 11.5 Å². The minimum Gasteiger partial charge on any atom is -0.493 e. The molecule has 4 aromatic rings. The van der Waals surface area contributed by atoms with Gasteiger partial charge in [-0.25, -0.2) is 4.98 Å². The first-order valence-corrected chi connectivity index (χ1v) is 12.7. The monoisotopic (exact) mass is 498 g/mol. The molecule has 0 fully saturated rings. The van der Waals surface area contributed by atoms with Gasteiger partial charge in [-0.1, -0.05) is 62.4 Å². The fraction of sp³-hybridized carbons (Fsp3) is 0.200. The number of rotatable bonds is 9. The summed E-state index contributed by atoms with van der Waals surface area (Å²) >= 11 is 1.59. The maximum Gasteiger partial charge on any atom is 0.244 e. The van der Waals surface area contributed by atoms with Crippen molar-refractivity contribution in [2.45, 2.75) is 26.3 Å². The summed E-state index contributed by atoms with van der Waals surface area (Å²) in [4.78, 5) is 17.1. The van der Waals surface area contributed by atoms with Gasteiger partial charge in [0.05, 0.1) is 19.9 Å². The summed E-state index contributed by atoms with van der Waals surface area (Å²) in [6.45, 7) is 4.79. The van der Waals surface area contributed by atoms with Crippen molar-refractivity contribution in [1.82, 2.24) is 10.3 Å². The fourth-order valence-corrected chi connectivity index (χ4v) is 4.55. The highest BCUT2D eigenvalue weighted by Gasteiger charge is 2.10. The molecule has 1 amide bonds. The van der Waals surface area contributed by atoms with Crippen LogP contribution in [0.25, 0.3) is 27.9 Å². The topological polar surface area (TPSA) is 60.5 Å². The number of hydrogen-bond donors (Lipinski definition) is 1. The minimum absolute atomic E-state index is 0.119. The second-order valence-electron chi connectivity index (χ2n) is 8.68. The Bertz CT molecular complexity index is 1340. The SMILES string of the molecule is COc1ccc(-c2csc(-c3ccc(CNC(=O)/C=C/c4ccc(C(C)C)cc4)cc3)n2)cc1OC. The molecular formula is C30H30N2O3S. The molecule has 6 heteroatoms. The quantitative estimate of drug-likeness (QED) is 0.254. The third kappa shape index (κ3) is 6.20. The van der Waals surface area contributed by atoms with E-state index >= 15 is 0 Å². The van der Waals surface area contributed by atoms with Gasteiger partial charge >= 0.3 is 0 Å². The Balaban J connectivity index is 1.35. The molecule has 0 aliphatic heterocycles. The van der Waals surface area contributed by atoms with E-state index in [1.54, 1.807) is 31.6 Å². The number of nitrogens with one attached hydrogen (secondary N) is 1. The van der Waals surface area contributed by atoms with Gasteiger partial charge in [-0.3, -0.25) is 4.79 Å². The number of carbonyl (C=O) groups excluding carboxylic acids is 1. The smallest absolute Gasteiger partial charge is 0.244 e. The molecule has 1 aromatic heterocycles. The number of ether oxygens (including phenoxy) is 2. The first-order chi connectivity index (χ1) is 17.5. The van der Waals surface area contributed by atoms with Gasteiger partial charge in [-0.05, 0) is 46.9 Å². The van der Waals surface area contributed by atoms with E-state index in [1.807, 2.05) is 66.1 Å². The van der Waals surface area contributed by atoms with Crippen molar-refractivity contribution < 1.29 is 14.3 Å². The Labute approximate surface area is 216 Å². The fourth-order valence-electron chi connectivity index (χ4n) is 3.71. The van der Waals surface area contributed by atoms with Gasteiger partial charge in [0.2, 0.25) is 5.91 Å². The largest absolute Gasteiger partial charge is 0.493 e. The van der Waals surface area contributed by atoms with E-state index in [4.69, 9.17) is 14.5 Å². The minimum atomic E-state index is -0.119. The second-order valence-corrected chi connectivity index (χ2v) is 9.54. The summed E-state index contributed by atoms with van der Waals surface area (Å²) in [5, 5.41) is 5.91. The molecule has 1 N–H and O–H groups in total. The first-order valence-electron chi connectivity index (χ1n) is 11.8. The Morgan fingerprint density at radius 2 is 1.64 bits per heavy atom. The van der Waals surface area contributed by atoms with Gasteiger partial charge in [0, 0.05) is 29.1 Å². The molecular weight excluding hydrogens is 468 g/mol. The normalized spacial score (nSPS) is 11.1. The summed E-state index contributed by atoms with van der Waals surface area (Å²) in [5.41, 5.74) is 6.21. The molecule has 3 aromatic carbocycles. The van der Waals surface area contributed by atoms with E-state index < -0.39 is 0 Å². The molecule has 0 unspecified atom stereocenters. The third-order valence-electron chi connectivity index (χ3n) is 5.88. The highest BCUT2D eigenvalue weighted by atomic mass is 32.1. The van der Waals surface area contributed by atoms with E-state index in [9.17, 15) is 4.79 Å². The van der Waals surface area contributed by atoms with Crippen LogP contribution in [0.3, 0.4) is 0 Å². The second kappa shape index (κ2) is 11.7. The standard InChI is InChI=1S/C30H30N2O3S/c1-20(2)23-10-5-21(6-11-23)9-16-29(33)31-18-22-7-12-24(13-8-22)30-32-26(19-36-30)25-14-15-27(34-3)28(17-25)35-4/h5-17,19-20H,18H2,1-4H3,(H,31,33)/b16-9+. The average molecular weight is 499 g/mol. The van der Waals surface area contributed by atoms with Crippen molar-refractivity contribution in [2.24, 2.45) is 0 Å². The zero-order valence-corrected chi connectivity index (χ0v) is 21.8. The van der Waals surface area contributed by atoms with Gasteiger partial charge in [0.15, 0.2) is 11.5 Å². The maximum atomic E-state index is 12.3. The summed E-state index contributed by atoms with van der Waals surface area (Å²) in [6.07, 6.45) is 3.41. The van der Waals surface area contributed by atoms with Crippen LogP contribution in [-0.2, 0) is 11.3 Å². The van der Waals surface area contributed by atoms with Crippen LogP contribution < -0.4 is 14.8 Å². The number of methoxy groups -OCH3 is 2. The van der Waals surface area contributed by atoms with Crippen LogP contribution in [-0.4, -0.2) is 25.1 Å². The predicted molar refractivity (Wildman–Crippen MR) is 148 cm³/mol. The number of carbonyl (C=O) groups is 1. The van der Waals surface area contributed by atoms with E-state index in [-0.39, 0.29) is 5.91 Å². The Morgan fingerprint density at radius 1 is 0.944 bits per heavy atom. The summed E-state index contributed by atoms with van der Waals surface area (Å²) in [7, 11) is 3.25. The van der Waals surface area contributed by atoms with Crippen molar-refractivity contribution in [3.8, 4) is 33.3 Å². The van der Waals surface area contributed by atoms with Crippen LogP contribution in [0.2, 0.25) is 0 Å². The lowest BCUT2D eigenvalue weighted by Gasteiger charge is -2.08. The molecule has 0 saturated heterocycles. The van der Waals surface area contributed by atoms with E-state index in [0.717, 1.165) is 33.0 Å².